The Morgan fingerprint density at radius 2 is 2.24 bits per heavy atom. The van der Waals surface area contributed by atoms with Gasteiger partial charge in [0.1, 0.15) is 5.82 Å². The van der Waals surface area contributed by atoms with Crippen LogP contribution in [-0.4, -0.2) is 25.5 Å². The summed E-state index contributed by atoms with van der Waals surface area (Å²) in [6, 6.07) is 4.58. The fourth-order valence-corrected chi connectivity index (χ4v) is 1.81. The Bertz CT molecular complexity index is 797. The number of nitrogens with zero attached hydrogens (tertiary/aromatic N) is 4. The first-order valence-electron chi connectivity index (χ1n) is 5.92. The van der Waals surface area contributed by atoms with E-state index in [1.165, 1.54) is 19.3 Å². The lowest BCUT2D eigenvalue weighted by molar-refractivity contribution is -0.114. The number of rotatable bonds is 3. The molecule has 0 aromatic carbocycles. The van der Waals surface area contributed by atoms with Crippen molar-refractivity contribution >= 4 is 17.4 Å². The summed E-state index contributed by atoms with van der Waals surface area (Å²) >= 11 is 0. The van der Waals surface area contributed by atoms with Gasteiger partial charge in [0.25, 0.3) is 6.43 Å². The Morgan fingerprint density at radius 3 is 2.86 bits per heavy atom. The predicted molar refractivity (Wildman–Crippen MR) is 67.7 cm³/mol. The predicted octanol–water partition coefficient (Wildman–Crippen LogP) is 2.28. The maximum Gasteiger partial charge on any atom is 0.299 e. The van der Waals surface area contributed by atoms with E-state index in [9.17, 15) is 13.6 Å². The molecule has 3 heterocycles. The lowest BCUT2D eigenvalue weighted by Gasteiger charge is -2.05. The molecule has 3 rings (SSSR count). The van der Waals surface area contributed by atoms with Crippen molar-refractivity contribution < 1.29 is 18.0 Å². The molecule has 0 saturated heterocycles. The molecular weight excluding hydrogens is 284 g/mol. The molecule has 3 aromatic rings. The van der Waals surface area contributed by atoms with Gasteiger partial charge in [-0.05, 0) is 12.1 Å². The fourth-order valence-electron chi connectivity index (χ4n) is 1.81. The molecule has 3 aromatic heterocycles. The second-order valence-corrected chi connectivity index (χ2v) is 4.16. The van der Waals surface area contributed by atoms with E-state index in [1.54, 1.807) is 12.1 Å². The lowest BCUT2D eigenvalue weighted by Crippen LogP contribution is -2.09. The summed E-state index contributed by atoms with van der Waals surface area (Å²) < 4.78 is 31.8. The monoisotopic (exact) mass is 293 g/mol. The van der Waals surface area contributed by atoms with Crippen LogP contribution in [0.15, 0.2) is 28.9 Å². The van der Waals surface area contributed by atoms with Gasteiger partial charge in [0.05, 0.1) is 6.26 Å². The minimum atomic E-state index is -2.81. The molecule has 0 aliphatic carbocycles. The standard InChI is InChI=1S/C12H9F2N5O2/c1-6(20)15-8-5-9-17-11(10(13)14)18-19(9)12(16-8)7-3-2-4-21-7/h2-5,10H,1H3,(H,15,20). The second-order valence-electron chi connectivity index (χ2n) is 4.16. The van der Waals surface area contributed by atoms with Crippen LogP contribution in [0.2, 0.25) is 0 Å². The van der Waals surface area contributed by atoms with Gasteiger partial charge in [-0.15, -0.1) is 5.10 Å². The van der Waals surface area contributed by atoms with Gasteiger partial charge >= 0.3 is 0 Å². The fraction of sp³-hybridized carbons (Fsp3) is 0.167. The first kappa shape index (κ1) is 13.2. The highest BCUT2D eigenvalue weighted by molar-refractivity contribution is 5.88. The summed E-state index contributed by atoms with van der Waals surface area (Å²) in [4.78, 5) is 19.0. The molecule has 9 heteroatoms. The van der Waals surface area contributed by atoms with E-state index < -0.39 is 12.2 Å². The molecule has 0 aliphatic rings. The first-order chi connectivity index (χ1) is 10.0. The van der Waals surface area contributed by atoms with Gasteiger partial charge in [-0.25, -0.2) is 18.7 Å². The Kier molecular flexibility index (Phi) is 3.09. The molecule has 0 atom stereocenters. The summed E-state index contributed by atoms with van der Waals surface area (Å²) in [5.74, 6) is -0.302. The maximum atomic E-state index is 12.7. The number of hydrogen-bond acceptors (Lipinski definition) is 5. The van der Waals surface area contributed by atoms with Crippen LogP contribution in [0.5, 0.6) is 0 Å². The van der Waals surface area contributed by atoms with Crippen molar-refractivity contribution in [3.63, 3.8) is 0 Å². The van der Waals surface area contributed by atoms with Crippen LogP contribution in [0.3, 0.4) is 0 Å². The van der Waals surface area contributed by atoms with E-state index in [1.807, 2.05) is 0 Å². The van der Waals surface area contributed by atoms with Gasteiger partial charge in [-0.3, -0.25) is 4.79 Å². The number of carbonyl (C=O) groups excluding carboxylic acids is 1. The molecule has 21 heavy (non-hydrogen) atoms. The van der Waals surface area contributed by atoms with Crippen LogP contribution >= 0.6 is 0 Å². The summed E-state index contributed by atoms with van der Waals surface area (Å²) in [5, 5.41) is 6.19. The molecule has 0 fully saturated rings. The van der Waals surface area contributed by atoms with Gasteiger partial charge < -0.3 is 9.73 Å². The number of carbonyl (C=O) groups is 1. The zero-order valence-corrected chi connectivity index (χ0v) is 10.7. The number of hydrogen-bond donors (Lipinski definition) is 1. The van der Waals surface area contributed by atoms with Crippen molar-refractivity contribution in [1.29, 1.82) is 0 Å². The number of nitrogens with one attached hydrogen (secondary N) is 1. The summed E-state index contributed by atoms with van der Waals surface area (Å²) in [7, 11) is 0. The van der Waals surface area contributed by atoms with E-state index in [0.29, 0.717) is 5.76 Å². The van der Waals surface area contributed by atoms with Crippen molar-refractivity contribution in [2.24, 2.45) is 0 Å². The number of halogens is 2. The molecule has 0 bridgehead atoms. The maximum absolute atomic E-state index is 12.7. The Balaban J connectivity index is 2.23. The molecule has 0 saturated carbocycles. The van der Waals surface area contributed by atoms with Crippen LogP contribution in [-0.2, 0) is 4.79 Å². The highest BCUT2D eigenvalue weighted by atomic mass is 19.3. The summed E-state index contributed by atoms with van der Waals surface area (Å²) in [6.07, 6.45) is -1.39. The summed E-state index contributed by atoms with van der Waals surface area (Å²) in [5.41, 5.74) is 0.135. The molecule has 1 amide bonds. The Labute approximate surface area is 116 Å². The number of fused-ring (bicyclic) bond motifs is 1. The van der Waals surface area contributed by atoms with Crippen LogP contribution in [0, 0.1) is 0 Å². The van der Waals surface area contributed by atoms with Crippen molar-refractivity contribution in [3.8, 4) is 11.6 Å². The van der Waals surface area contributed by atoms with Crippen molar-refractivity contribution in [2.45, 2.75) is 13.3 Å². The summed E-state index contributed by atoms with van der Waals surface area (Å²) in [6.45, 7) is 1.31. The lowest BCUT2D eigenvalue weighted by atomic mass is 10.4. The highest BCUT2D eigenvalue weighted by Gasteiger charge is 2.19. The number of anilines is 1. The zero-order chi connectivity index (χ0) is 15.0. The van der Waals surface area contributed by atoms with Crippen molar-refractivity contribution in [3.05, 3.63) is 30.3 Å². The third kappa shape index (κ3) is 2.45. The van der Waals surface area contributed by atoms with E-state index >= 15 is 0 Å². The van der Waals surface area contributed by atoms with E-state index in [0.717, 1.165) is 4.52 Å². The minimum absolute atomic E-state index is 0.135. The number of amides is 1. The minimum Gasteiger partial charge on any atom is -0.461 e. The molecule has 0 aliphatic heterocycles. The molecule has 0 radical (unpaired) electrons. The largest absolute Gasteiger partial charge is 0.461 e. The van der Waals surface area contributed by atoms with E-state index in [2.05, 4.69) is 20.4 Å². The van der Waals surface area contributed by atoms with Crippen molar-refractivity contribution in [2.75, 3.05) is 5.32 Å². The highest BCUT2D eigenvalue weighted by Crippen LogP contribution is 2.23. The molecule has 7 nitrogen and oxygen atoms in total. The first-order valence-corrected chi connectivity index (χ1v) is 5.92. The number of alkyl halides is 2. The third-order valence-electron chi connectivity index (χ3n) is 2.58. The van der Waals surface area contributed by atoms with Gasteiger partial charge in [-0.2, -0.15) is 4.52 Å². The average molecular weight is 293 g/mol. The normalized spacial score (nSPS) is 11.2. The number of aromatic nitrogens is 4. The topological polar surface area (TPSA) is 85.3 Å². The molecule has 1 N–H and O–H groups in total. The van der Waals surface area contributed by atoms with Crippen LogP contribution in [0.1, 0.15) is 19.2 Å². The zero-order valence-electron chi connectivity index (χ0n) is 10.7. The SMILES string of the molecule is CC(=O)Nc1cc2nc(C(F)F)nn2c(-c2ccco2)n1. The Hall–Kier alpha value is -2.84. The van der Waals surface area contributed by atoms with Gasteiger partial charge in [0.15, 0.2) is 11.4 Å². The van der Waals surface area contributed by atoms with E-state index in [4.69, 9.17) is 4.42 Å². The quantitative estimate of drug-likeness (QED) is 0.800. The van der Waals surface area contributed by atoms with Crippen LogP contribution in [0.25, 0.3) is 17.2 Å². The Morgan fingerprint density at radius 1 is 1.43 bits per heavy atom. The van der Waals surface area contributed by atoms with Crippen molar-refractivity contribution in [1.82, 2.24) is 19.6 Å². The van der Waals surface area contributed by atoms with Gasteiger partial charge in [0.2, 0.25) is 17.6 Å². The second kappa shape index (κ2) is 4.93. The number of furan rings is 1. The molecule has 108 valence electrons. The van der Waals surface area contributed by atoms with Gasteiger partial charge in [-0.1, -0.05) is 0 Å². The van der Waals surface area contributed by atoms with E-state index in [-0.39, 0.29) is 23.2 Å². The molecular formula is C12H9F2N5O2. The van der Waals surface area contributed by atoms with Crippen LogP contribution < -0.4 is 5.32 Å². The third-order valence-corrected chi connectivity index (χ3v) is 2.58. The molecule has 0 unspecified atom stereocenters. The smallest absolute Gasteiger partial charge is 0.299 e. The average Bonchev–Trinajstić information content (AvgIpc) is 3.06. The van der Waals surface area contributed by atoms with Crippen LogP contribution in [0.4, 0.5) is 14.6 Å². The van der Waals surface area contributed by atoms with Gasteiger partial charge in [0, 0.05) is 13.0 Å². The molecule has 0 spiro atoms.